The predicted molar refractivity (Wildman–Crippen MR) is 141 cm³/mol. The molecule has 3 aromatic heterocycles. The fraction of sp³-hybridized carbons (Fsp3) is 0.241. The topological polar surface area (TPSA) is 98.8 Å². The summed E-state index contributed by atoms with van der Waals surface area (Å²) < 4.78 is 13.2. The van der Waals surface area contributed by atoms with Gasteiger partial charge in [-0.05, 0) is 72.4 Å². The SMILES string of the molecule is CCCc1nc2c(C)cc(C)nc2n1Cc1ccc2c(c1)COc1ccccc1C2=Cc1noc(=O)[nH]1. The first-order valence-corrected chi connectivity index (χ1v) is 12.5. The monoisotopic (exact) mass is 493 g/mol. The smallest absolute Gasteiger partial charge is 0.439 e. The number of benzene rings is 2. The Morgan fingerprint density at radius 2 is 1.95 bits per heavy atom. The fourth-order valence-corrected chi connectivity index (χ4v) is 5.05. The van der Waals surface area contributed by atoms with Gasteiger partial charge in [-0.3, -0.25) is 9.51 Å². The van der Waals surface area contributed by atoms with Crippen molar-refractivity contribution < 1.29 is 9.26 Å². The molecule has 0 aliphatic carbocycles. The zero-order valence-electron chi connectivity index (χ0n) is 21.0. The maximum Gasteiger partial charge on any atom is 0.439 e. The van der Waals surface area contributed by atoms with Crippen LogP contribution in [0.1, 0.15) is 58.5 Å². The van der Waals surface area contributed by atoms with E-state index in [0.717, 1.165) is 74.7 Å². The van der Waals surface area contributed by atoms with E-state index < -0.39 is 5.76 Å². The molecule has 6 rings (SSSR count). The summed E-state index contributed by atoms with van der Waals surface area (Å²) in [5, 5.41) is 3.85. The van der Waals surface area contributed by atoms with Crippen LogP contribution in [0.2, 0.25) is 0 Å². The molecule has 2 aromatic carbocycles. The van der Waals surface area contributed by atoms with Gasteiger partial charge in [-0.1, -0.05) is 42.4 Å². The van der Waals surface area contributed by atoms with Crippen LogP contribution in [0.25, 0.3) is 22.8 Å². The van der Waals surface area contributed by atoms with E-state index in [1.54, 1.807) is 0 Å². The van der Waals surface area contributed by atoms with Gasteiger partial charge in [0.2, 0.25) is 0 Å². The number of hydrogen-bond acceptors (Lipinski definition) is 6. The number of aromatic amines is 1. The number of fused-ring (bicyclic) bond motifs is 3. The number of aryl methyl sites for hydroxylation is 3. The lowest BCUT2D eigenvalue weighted by Gasteiger charge is -2.13. The first-order valence-electron chi connectivity index (χ1n) is 12.5. The summed E-state index contributed by atoms with van der Waals surface area (Å²) in [6, 6.07) is 16.4. The summed E-state index contributed by atoms with van der Waals surface area (Å²) in [5.41, 5.74) is 9.07. The number of H-pyrrole nitrogens is 1. The molecule has 0 saturated carbocycles. The minimum atomic E-state index is -0.588. The highest BCUT2D eigenvalue weighted by molar-refractivity contribution is 5.93. The van der Waals surface area contributed by atoms with E-state index in [-0.39, 0.29) is 0 Å². The van der Waals surface area contributed by atoms with Crippen LogP contribution >= 0.6 is 0 Å². The molecule has 1 aliphatic heterocycles. The van der Waals surface area contributed by atoms with Gasteiger partial charge in [-0.25, -0.2) is 14.8 Å². The van der Waals surface area contributed by atoms with Crippen LogP contribution in [-0.4, -0.2) is 24.7 Å². The molecule has 0 amide bonds. The third-order valence-corrected chi connectivity index (χ3v) is 6.67. The summed E-state index contributed by atoms with van der Waals surface area (Å²) >= 11 is 0. The van der Waals surface area contributed by atoms with Gasteiger partial charge >= 0.3 is 5.76 Å². The largest absolute Gasteiger partial charge is 0.488 e. The number of nitrogens with one attached hydrogen (secondary N) is 1. The number of nitrogens with zero attached hydrogens (tertiary/aromatic N) is 4. The van der Waals surface area contributed by atoms with Crippen molar-refractivity contribution in [1.82, 2.24) is 24.7 Å². The molecule has 1 aliphatic rings. The average molecular weight is 494 g/mol. The fourth-order valence-electron chi connectivity index (χ4n) is 5.05. The summed E-state index contributed by atoms with van der Waals surface area (Å²) in [4.78, 5) is 24.0. The van der Waals surface area contributed by atoms with E-state index in [0.29, 0.717) is 19.0 Å². The number of para-hydroxylation sites is 1. The molecule has 5 aromatic rings. The third kappa shape index (κ3) is 4.24. The Morgan fingerprint density at radius 3 is 2.76 bits per heavy atom. The molecule has 0 bridgehead atoms. The third-order valence-electron chi connectivity index (χ3n) is 6.67. The van der Waals surface area contributed by atoms with Gasteiger partial charge < -0.3 is 9.30 Å². The molecule has 8 nitrogen and oxygen atoms in total. The van der Waals surface area contributed by atoms with Crippen molar-refractivity contribution in [3.8, 4) is 5.75 Å². The Kier molecular flexibility index (Phi) is 5.71. The zero-order valence-corrected chi connectivity index (χ0v) is 21.0. The van der Waals surface area contributed by atoms with E-state index in [2.05, 4.69) is 52.8 Å². The molecule has 0 radical (unpaired) electrons. The number of rotatable bonds is 5. The van der Waals surface area contributed by atoms with Crippen molar-refractivity contribution in [3.05, 3.63) is 104 Å². The summed E-state index contributed by atoms with van der Waals surface area (Å²) in [7, 11) is 0. The lowest BCUT2D eigenvalue weighted by atomic mass is 9.92. The molecule has 0 spiro atoms. The van der Waals surface area contributed by atoms with Crippen LogP contribution in [0.5, 0.6) is 5.75 Å². The normalized spacial score (nSPS) is 13.9. The first kappa shape index (κ1) is 23.0. The van der Waals surface area contributed by atoms with E-state index in [4.69, 9.17) is 19.2 Å². The first-order chi connectivity index (χ1) is 18.0. The molecule has 0 saturated heterocycles. The van der Waals surface area contributed by atoms with Crippen molar-refractivity contribution in [2.75, 3.05) is 0 Å². The predicted octanol–water partition coefficient (Wildman–Crippen LogP) is 5.21. The Hall–Kier alpha value is -4.46. The van der Waals surface area contributed by atoms with E-state index in [9.17, 15) is 4.79 Å². The van der Waals surface area contributed by atoms with Crippen LogP contribution in [0.4, 0.5) is 0 Å². The van der Waals surface area contributed by atoms with Crippen LogP contribution in [0.3, 0.4) is 0 Å². The van der Waals surface area contributed by atoms with Gasteiger partial charge in [-0.15, -0.1) is 0 Å². The highest BCUT2D eigenvalue weighted by Gasteiger charge is 2.21. The highest BCUT2D eigenvalue weighted by atomic mass is 16.5. The van der Waals surface area contributed by atoms with Gasteiger partial charge in [-0.2, -0.15) is 0 Å². The summed E-state index contributed by atoms with van der Waals surface area (Å²) in [6.07, 6.45) is 3.73. The molecule has 8 heteroatoms. The van der Waals surface area contributed by atoms with Gasteiger partial charge in [0.05, 0.1) is 6.54 Å². The molecule has 37 heavy (non-hydrogen) atoms. The molecule has 1 N–H and O–H groups in total. The van der Waals surface area contributed by atoms with Crippen LogP contribution in [0, 0.1) is 13.8 Å². The van der Waals surface area contributed by atoms with Crippen molar-refractivity contribution in [3.63, 3.8) is 0 Å². The van der Waals surface area contributed by atoms with Gasteiger partial charge in [0, 0.05) is 17.7 Å². The van der Waals surface area contributed by atoms with Crippen LogP contribution in [-0.2, 0) is 19.6 Å². The van der Waals surface area contributed by atoms with Gasteiger partial charge in [0.15, 0.2) is 11.5 Å². The number of imidazole rings is 1. The van der Waals surface area contributed by atoms with Gasteiger partial charge in [0.1, 0.15) is 23.7 Å². The number of ether oxygens (including phenoxy) is 1. The molecule has 0 fully saturated rings. The summed E-state index contributed by atoms with van der Waals surface area (Å²) in [6.45, 7) is 7.38. The Morgan fingerprint density at radius 1 is 1.08 bits per heavy atom. The Bertz CT molecular complexity index is 1720. The lowest BCUT2D eigenvalue weighted by Crippen LogP contribution is -2.07. The second kappa shape index (κ2) is 9.20. The maximum atomic E-state index is 11.5. The minimum absolute atomic E-state index is 0.359. The van der Waals surface area contributed by atoms with E-state index in [1.165, 1.54) is 0 Å². The number of hydrogen-bond donors (Lipinski definition) is 1. The summed E-state index contributed by atoms with van der Waals surface area (Å²) in [5.74, 6) is 1.60. The van der Waals surface area contributed by atoms with Crippen molar-refractivity contribution in [2.45, 2.75) is 46.8 Å². The second-order valence-corrected chi connectivity index (χ2v) is 9.43. The molecule has 0 atom stereocenters. The minimum Gasteiger partial charge on any atom is -0.488 e. The molecule has 186 valence electrons. The molecular formula is C29H27N5O3. The molecular weight excluding hydrogens is 466 g/mol. The molecule has 0 unspecified atom stereocenters. The highest BCUT2D eigenvalue weighted by Crippen LogP contribution is 2.38. The maximum absolute atomic E-state index is 11.5. The van der Waals surface area contributed by atoms with E-state index >= 15 is 0 Å². The second-order valence-electron chi connectivity index (χ2n) is 9.43. The van der Waals surface area contributed by atoms with Crippen LogP contribution in [0.15, 0.2) is 57.8 Å². The van der Waals surface area contributed by atoms with Crippen molar-refractivity contribution in [1.29, 1.82) is 0 Å². The Labute approximate surface area is 213 Å². The van der Waals surface area contributed by atoms with E-state index in [1.807, 2.05) is 37.3 Å². The average Bonchev–Trinajstić information content (AvgIpc) is 3.40. The van der Waals surface area contributed by atoms with Crippen LogP contribution < -0.4 is 10.5 Å². The standard InChI is InChI=1S/C29H27N5O3/c1-4-7-26-32-27-17(2)12-18(3)30-28(27)34(26)15-19-10-11-21-20(13-19)16-36-24-9-6-5-8-22(24)23(21)14-25-31-29(35)37-33-25/h5-6,8-14H,4,7,15-16H2,1-3H3,(H,31,33,35). The molecule has 4 heterocycles. The Balaban J connectivity index is 1.45. The lowest BCUT2D eigenvalue weighted by molar-refractivity contribution is 0.307. The number of aromatic nitrogens is 5. The van der Waals surface area contributed by atoms with Crippen molar-refractivity contribution in [2.24, 2.45) is 0 Å². The number of pyridine rings is 1. The van der Waals surface area contributed by atoms with Gasteiger partial charge in [0.25, 0.3) is 0 Å². The van der Waals surface area contributed by atoms with Crippen molar-refractivity contribution >= 4 is 22.8 Å². The zero-order chi connectivity index (χ0) is 25.5. The quantitative estimate of drug-likeness (QED) is 0.361.